The van der Waals surface area contributed by atoms with Crippen molar-refractivity contribution in [3.8, 4) is 11.5 Å². The molecule has 0 radical (unpaired) electrons. The van der Waals surface area contributed by atoms with E-state index in [1.807, 2.05) is 54.6 Å². The molecule has 2 heterocycles. The van der Waals surface area contributed by atoms with E-state index in [9.17, 15) is 9.59 Å². The summed E-state index contributed by atoms with van der Waals surface area (Å²) in [4.78, 5) is 28.2. The Bertz CT molecular complexity index is 1400. The predicted octanol–water partition coefficient (Wildman–Crippen LogP) is 5.75. The third-order valence-corrected chi connectivity index (χ3v) is 7.41. The Hall–Kier alpha value is -3.58. The van der Waals surface area contributed by atoms with Gasteiger partial charge in [-0.25, -0.2) is 4.79 Å². The Kier molecular flexibility index (Phi) is 6.59. The number of fused-ring (bicyclic) bond motifs is 1. The molecule has 0 bridgehead atoms. The molecule has 5 rings (SSSR count). The Morgan fingerprint density at radius 3 is 2.46 bits per heavy atom. The van der Waals surface area contributed by atoms with Gasteiger partial charge in [-0.2, -0.15) is 0 Å². The molecule has 6 nitrogen and oxygen atoms in total. The van der Waals surface area contributed by atoms with Crippen molar-refractivity contribution in [2.24, 2.45) is 0 Å². The summed E-state index contributed by atoms with van der Waals surface area (Å²) in [7, 11) is 1.62. The minimum absolute atomic E-state index is 0.0394. The third kappa shape index (κ3) is 4.82. The molecule has 1 aliphatic rings. The number of aromatic nitrogens is 1. The second-order valence-corrected chi connectivity index (χ2v) is 9.66. The Morgan fingerprint density at radius 2 is 1.80 bits per heavy atom. The van der Waals surface area contributed by atoms with Crippen LogP contribution in [0.2, 0.25) is 0 Å². The van der Waals surface area contributed by atoms with Gasteiger partial charge in [0.05, 0.1) is 30.5 Å². The molecule has 1 aliphatic carbocycles. The SMILES string of the molecule is CCOC(=O)c1c(OCc2ccccc2)c(=O)n(Cc2ccc(OC)cc2)c2cc(C3CC3)sc12. The molecule has 0 saturated heterocycles. The van der Waals surface area contributed by atoms with Gasteiger partial charge in [0.15, 0.2) is 0 Å². The first kappa shape index (κ1) is 23.2. The highest BCUT2D eigenvalue weighted by Crippen LogP contribution is 2.46. The summed E-state index contributed by atoms with van der Waals surface area (Å²) in [6, 6.07) is 19.3. The quantitative estimate of drug-likeness (QED) is 0.280. The third-order valence-electron chi connectivity index (χ3n) is 6.10. The second kappa shape index (κ2) is 9.96. The molecule has 7 heteroatoms. The van der Waals surface area contributed by atoms with Crippen molar-refractivity contribution in [3.05, 3.63) is 92.6 Å². The Balaban J connectivity index is 1.66. The van der Waals surface area contributed by atoms with Gasteiger partial charge in [0.25, 0.3) is 5.56 Å². The number of methoxy groups -OCH3 is 1. The van der Waals surface area contributed by atoms with Crippen molar-refractivity contribution < 1.29 is 19.0 Å². The van der Waals surface area contributed by atoms with Crippen LogP contribution in [0.5, 0.6) is 11.5 Å². The number of thiophene rings is 1. The molecule has 1 saturated carbocycles. The highest BCUT2D eigenvalue weighted by Gasteiger charge is 2.31. The normalized spacial score (nSPS) is 13.1. The first-order chi connectivity index (χ1) is 17.1. The van der Waals surface area contributed by atoms with Crippen LogP contribution in [-0.4, -0.2) is 24.3 Å². The molecule has 0 atom stereocenters. The summed E-state index contributed by atoms with van der Waals surface area (Å²) in [5, 5.41) is 0. The number of benzene rings is 2. The van der Waals surface area contributed by atoms with Crippen LogP contribution >= 0.6 is 11.3 Å². The summed E-state index contributed by atoms with van der Waals surface area (Å²) < 4.78 is 19.2. The number of nitrogens with zero attached hydrogens (tertiary/aromatic N) is 1. The maximum Gasteiger partial charge on any atom is 0.343 e. The van der Waals surface area contributed by atoms with Gasteiger partial charge in [-0.05, 0) is 55.0 Å². The Morgan fingerprint density at radius 1 is 1.06 bits per heavy atom. The average Bonchev–Trinajstić information content (AvgIpc) is 3.64. The largest absolute Gasteiger partial charge is 0.497 e. The highest BCUT2D eigenvalue weighted by atomic mass is 32.1. The maximum absolute atomic E-state index is 13.9. The van der Waals surface area contributed by atoms with Gasteiger partial charge in [0, 0.05) is 4.88 Å². The maximum atomic E-state index is 13.9. The highest BCUT2D eigenvalue weighted by molar-refractivity contribution is 7.19. The van der Waals surface area contributed by atoms with Crippen molar-refractivity contribution in [3.63, 3.8) is 0 Å². The molecule has 0 spiro atoms. The molecule has 2 aromatic heterocycles. The zero-order valence-corrected chi connectivity index (χ0v) is 20.6. The van der Waals surface area contributed by atoms with E-state index in [4.69, 9.17) is 14.2 Å². The summed E-state index contributed by atoms with van der Waals surface area (Å²) in [5.41, 5.74) is 2.49. The lowest BCUT2D eigenvalue weighted by molar-refractivity contribution is 0.0523. The number of hydrogen-bond donors (Lipinski definition) is 0. The number of hydrogen-bond acceptors (Lipinski definition) is 6. The molecule has 2 aromatic carbocycles. The zero-order chi connectivity index (χ0) is 24.4. The first-order valence-electron chi connectivity index (χ1n) is 11.8. The van der Waals surface area contributed by atoms with Crippen LogP contribution in [0.3, 0.4) is 0 Å². The summed E-state index contributed by atoms with van der Waals surface area (Å²) in [6.45, 7) is 2.51. The monoisotopic (exact) mass is 489 g/mol. The zero-order valence-electron chi connectivity index (χ0n) is 19.8. The number of rotatable bonds is 9. The molecule has 4 aromatic rings. The topological polar surface area (TPSA) is 66.8 Å². The number of carbonyl (C=O) groups is 1. The van der Waals surface area contributed by atoms with E-state index in [0.717, 1.165) is 39.9 Å². The predicted molar refractivity (Wildman–Crippen MR) is 137 cm³/mol. The lowest BCUT2D eigenvalue weighted by atomic mass is 10.1. The fraction of sp³-hybridized carbons (Fsp3) is 0.286. The van der Waals surface area contributed by atoms with Gasteiger partial charge in [0.2, 0.25) is 5.75 Å². The molecular weight excluding hydrogens is 462 g/mol. The fourth-order valence-corrected chi connectivity index (χ4v) is 5.47. The molecule has 0 aliphatic heterocycles. The summed E-state index contributed by atoms with van der Waals surface area (Å²) in [6.07, 6.45) is 2.25. The van der Waals surface area contributed by atoms with Crippen molar-refractivity contribution in [2.75, 3.05) is 13.7 Å². The van der Waals surface area contributed by atoms with Gasteiger partial charge in [-0.15, -0.1) is 11.3 Å². The van der Waals surface area contributed by atoms with Crippen LogP contribution in [0, 0.1) is 0 Å². The van der Waals surface area contributed by atoms with E-state index >= 15 is 0 Å². The summed E-state index contributed by atoms with van der Waals surface area (Å²) in [5.74, 6) is 0.749. The number of ether oxygens (including phenoxy) is 3. The number of pyridine rings is 1. The van der Waals surface area contributed by atoms with E-state index < -0.39 is 5.97 Å². The van der Waals surface area contributed by atoms with E-state index in [1.54, 1.807) is 29.9 Å². The lowest BCUT2D eigenvalue weighted by Gasteiger charge is -2.16. The Labute approximate surface area is 207 Å². The molecular formula is C28H27NO5S. The molecule has 1 fully saturated rings. The fourth-order valence-electron chi connectivity index (χ4n) is 4.11. The van der Waals surface area contributed by atoms with Gasteiger partial charge in [0.1, 0.15) is 17.9 Å². The minimum atomic E-state index is -0.529. The van der Waals surface area contributed by atoms with Gasteiger partial charge in [-0.1, -0.05) is 42.5 Å². The van der Waals surface area contributed by atoms with Crippen LogP contribution in [0.25, 0.3) is 10.2 Å². The number of carbonyl (C=O) groups excluding carboxylic acids is 1. The lowest BCUT2D eigenvalue weighted by Crippen LogP contribution is -2.26. The molecule has 180 valence electrons. The molecule has 0 N–H and O–H groups in total. The first-order valence-corrected chi connectivity index (χ1v) is 12.6. The minimum Gasteiger partial charge on any atom is -0.497 e. The van der Waals surface area contributed by atoms with Crippen molar-refractivity contribution in [1.29, 1.82) is 0 Å². The van der Waals surface area contributed by atoms with Crippen LogP contribution in [0.1, 0.15) is 52.0 Å². The average molecular weight is 490 g/mol. The van der Waals surface area contributed by atoms with E-state index in [0.29, 0.717) is 12.5 Å². The van der Waals surface area contributed by atoms with Crippen LogP contribution < -0.4 is 15.0 Å². The van der Waals surface area contributed by atoms with Gasteiger partial charge >= 0.3 is 5.97 Å². The molecule has 0 unspecified atom stereocenters. The smallest absolute Gasteiger partial charge is 0.343 e. The van der Waals surface area contributed by atoms with Crippen molar-refractivity contribution >= 4 is 27.5 Å². The van der Waals surface area contributed by atoms with Crippen LogP contribution in [-0.2, 0) is 17.9 Å². The second-order valence-electron chi connectivity index (χ2n) is 8.58. The molecule has 35 heavy (non-hydrogen) atoms. The van der Waals surface area contributed by atoms with E-state index in [-0.39, 0.29) is 30.1 Å². The van der Waals surface area contributed by atoms with Gasteiger partial charge < -0.3 is 14.2 Å². The molecule has 0 amide bonds. The van der Waals surface area contributed by atoms with Crippen molar-refractivity contribution in [2.45, 2.75) is 38.8 Å². The van der Waals surface area contributed by atoms with Crippen LogP contribution in [0.15, 0.2) is 65.5 Å². The van der Waals surface area contributed by atoms with Crippen LogP contribution in [0.4, 0.5) is 0 Å². The van der Waals surface area contributed by atoms with Crippen molar-refractivity contribution in [1.82, 2.24) is 4.57 Å². The van der Waals surface area contributed by atoms with E-state index in [2.05, 4.69) is 6.07 Å². The summed E-state index contributed by atoms with van der Waals surface area (Å²) >= 11 is 1.56. The van der Waals surface area contributed by atoms with Gasteiger partial charge in [-0.3, -0.25) is 9.36 Å². The number of esters is 1. The standard InChI is InChI=1S/C28H27NO5S/c1-3-33-28(31)24-25(34-17-19-7-5-4-6-8-19)27(30)29(16-18-9-13-21(32-2)14-10-18)22-15-23(20-11-12-20)35-26(22)24/h4-10,13-15,20H,3,11-12,16-17H2,1-2H3. The van der Waals surface area contributed by atoms with E-state index in [1.165, 1.54) is 4.88 Å².